The minimum Gasteiger partial charge on any atom is -0.496 e. The van der Waals surface area contributed by atoms with E-state index < -0.39 is 0 Å². The van der Waals surface area contributed by atoms with Gasteiger partial charge in [-0.1, -0.05) is 12.1 Å². The monoisotopic (exact) mass is 262 g/mol. The van der Waals surface area contributed by atoms with Gasteiger partial charge in [-0.05, 0) is 44.5 Å². The molecule has 1 aromatic carbocycles. The fourth-order valence-corrected chi connectivity index (χ4v) is 2.62. The van der Waals surface area contributed by atoms with Crippen molar-refractivity contribution >= 4 is 5.91 Å². The van der Waals surface area contributed by atoms with E-state index in [1.165, 1.54) is 0 Å². The molecule has 2 rings (SSSR count). The molecule has 0 saturated carbocycles. The third-order valence-electron chi connectivity index (χ3n) is 3.73. The van der Waals surface area contributed by atoms with Crippen molar-refractivity contribution in [3.05, 3.63) is 29.8 Å². The normalized spacial score (nSPS) is 16.4. The van der Waals surface area contributed by atoms with Crippen molar-refractivity contribution in [3.63, 3.8) is 0 Å². The first-order valence-electron chi connectivity index (χ1n) is 6.83. The summed E-state index contributed by atoms with van der Waals surface area (Å²) in [7, 11) is 3.58. The van der Waals surface area contributed by atoms with Crippen LogP contribution in [0.3, 0.4) is 0 Å². The molecule has 0 aromatic heterocycles. The molecule has 1 aliphatic rings. The van der Waals surface area contributed by atoms with Crippen LogP contribution in [0.4, 0.5) is 0 Å². The van der Waals surface area contributed by atoms with Crippen LogP contribution in [-0.2, 0) is 0 Å². The molecule has 4 nitrogen and oxygen atoms in total. The lowest BCUT2D eigenvalue weighted by molar-refractivity contribution is 0.0687. The smallest absolute Gasteiger partial charge is 0.257 e. The highest BCUT2D eigenvalue weighted by molar-refractivity contribution is 5.97. The topological polar surface area (TPSA) is 41.6 Å². The van der Waals surface area contributed by atoms with E-state index in [1.54, 1.807) is 7.11 Å². The molecular formula is C15H22N2O2. The number of methoxy groups -OCH3 is 1. The number of likely N-dealkylation sites (tertiary alicyclic amines) is 1. The lowest BCUT2D eigenvalue weighted by atomic mass is 9.96. The number of ether oxygens (including phenoxy) is 1. The second-order valence-corrected chi connectivity index (χ2v) is 4.99. The number of piperidine rings is 1. The molecule has 104 valence electrons. The Bertz CT molecular complexity index is 426. The number of nitrogens with zero attached hydrogens (tertiary/aromatic N) is 1. The summed E-state index contributed by atoms with van der Waals surface area (Å²) in [6.45, 7) is 2.71. The highest BCUT2D eigenvalue weighted by atomic mass is 16.5. The second-order valence-electron chi connectivity index (χ2n) is 4.99. The number of carbonyl (C=O) groups is 1. The van der Waals surface area contributed by atoms with Crippen molar-refractivity contribution in [1.82, 2.24) is 10.2 Å². The van der Waals surface area contributed by atoms with Gasteiger partial charge in [-0.15, -0.1) is 0 Å². The zero-order chi connectivity index (χ0) is 13.7. The largest absolute Gasteiger partial charge is 0.496 e. The van der Waals surface area contributed by atoms with Gasteiger partial charge in [0.15, 0.2) is 0 Å². The lowest BCUT2D eigenvalue weighted by Gasteiger charge is -2.32. The van der Waals surface area contributed by atoms with Crippen LogP contribution in [-0.4, -0.2) is 44.6 Å². The van der Waals surface area contributed by atoms with E-state index in [0.29, 0.717) is 17.2 Å². The van der Waals surface area contributed by atoms with Gasteiger partial charge in [-0.2, -0.15) is 0 Å². The maximum Gasteiger partial charge on any atom is 0.257 e. The average Bonchev–Trinajstić information content (AvgIpc) is 2.47. The Morgan fingerprint density at radius 1 is 1.37 bits per heavy atom. The standard InChI is InChI=1S/C15H22N2O2/c1-16-11-12-7-9-17(10-8-12)15(18)13-5-3-4-6-14(13)19-2/h3-6,12,16H,7-11H2,1-2H3. The molecule has 0 radical (unpaired) electrons. The van der Waals surface area contributed by atoms with Crippen LogP contribution < -0.4 is 10.1 Å². The SMILES string of the molecule is CNCC1CCN(C(=O)c2ccccc2OC)CC1. The van der Waals surface area contributed by atoms with Crippen molar-refractivity contribution in [2.75, 3.05) is 33.8 Å². The maximum absolute atomic E-state index is 12.5. The van der Waals surface area contributed by atoms with Gasteiger partial charge in [0, 0.05) is 13.1 Å². The fourth-order valence-electron chi connectivity index (χ4n) is 2.62. The summed E-state index contributed by atoms with van der Waals surface area (Å²) < 4.78 is 5.26. The van der Waals surface area contributed by atoms with Crippen LogP contribution in [0.5, 0.6) is 5.75 Å². The molecule has 1 aliphatic heterocycles. The van der Waals surface area contributed by atoms with E-state index >= 15 is 0 Å². The fraction of sp³-hybridized carbons (Fsp3) is 0.533. The van der Waals surface area contributed by atoms with Gasteiger partial charge in [-0.3, -0.25) is 4.79 Å². The van der Waals surface area contributed by atoms with Crippen LogP contribution in [0.1, 0.15) is 23.2 Å². The third kappa shape index (κ3) is 3.26. The molecule has 1 heterocycles. The molecule has 0 spiro atoms. The zero-order valence-electron chi connectivity index (χ0n) is 11.7. The van der Waals surface area contributed by atoms with Crippen LogP contribution in [0, 0.1) is 5.92 Å². The van der Waals surface area contributed by atoms with Crippen molar-refractivity contribution < 1.29 is 9.53 Å². The highest BCUT2D eigenvalue weighted by Gasteiger charge is 2.24. The molecule has 1 saturated heterocycles. The number of hydrogen-bond acceptors (Lipinski definition) is 3. The summed E-state index contributed by atoms with van der Waals surface area (Å²) in [6, 6.07) is 7.43. The summed E-state index contributed by atoms with van der Waals surface area (Å²) in [6.07, 6.45) is 2.14. The number of carbonyl (C=O) groups excluding carboxylic acids is 1. The Morgan fingerprint density at radius 3 is 2.68 bits per heavy atom. The van der Waals surface area contributed by atoms with E-state index in [9.17, 15) is 4.79 Å². The molecule has 0 bridgehead atoms. The molecule has 1 fully saturated rings. The molecule has 1 aromatic rings. The molecule has 1 N–H and O–H groups in total. The lowest BCUT2D eigenvalue weighted by Crippen LogP contribution is -2.40. The van der Waals surface area contributed by atoms with E-state index in [1.807, 2.05) is 36.2 Å². The Balaban J connectivity index is 2.01. The van der Waals surface area contributed by atoms with Crippen LogP contribution in [0.25, 0.3) is 0 Å². The number of benzene rings is 1. The van der Waals surface area contributed by atoms with Gasteiger partial charge in [0.25, 0.3) is 5.91 Å². The molecule has 4 heteroatoms. The third-order valence-corrected chi connectivity index (χ3v) is 3.73. The van der Waals surface area contributed by atoms with Gasteiger partial charge < -0.3 is 15.0 Å². The Hall–Kier alpha value is -1.55. The predicted molar refractivity (Wildman–Crippen MR) is 75.5 cm³/mol. The summed E-state index contributed by atoms with van der Waals surface area (Å²) in [4.78, 5) is 14.4. The minimum absolute atomic E-state index is 0.0837. The summed E-state index contributed by atoms with van der Waals surface area (Å²) in [5.41, 5.74) is 0.664. The molecule has 0 aliphatic carbocycles. The zero-order valence-corrected chi connectivity index (χ0v) is 11.7. The van der Waals surface area contributed by atoms with E-state index in [2.05, 4.69) is 5.32 Å². The number of para-hydroxylation sites is 1. The van der Waals surface area contributed by atoms with Gasteiger partial charge in [-0.25, -0.2) is 0 Å². The number of amides is 1. The summed E-state index contributed by atoms with van der Waals surface area (Å²) in [5, 5.41) is 3.21. The van der Waals surface area contributed by atoms with Crippen LogP contribution >= 0.6 is 0 Å². The van der Waals surface area contributed by atoms with Crippen molar-refractivity contribution in [1.29, 1.82) is 0 Å². The van der Waals surface area contributed by atoms with Crippen molar-refractivity contribution in [2.24, 2.45) is 5.92 Å². The van der Waals surface area contributed by atoms with Gasteiger partial charge in [0.1, 0.15) is 5.75 Å². The van der Waals surface area contributed by atoms with Crippen molar-refractivity contribution in [2.45, 2.75) is 12.8 Å². The Labute approximate surface area is 114 Å². The second kappa shape index (κ2) is 6.57. The van der Waals surface area contributed by atoms with Gasteiger partial charge >= 0.3 is 0 Å². The predicted octanol–water partition coefficient (Wildman–Crippen LogP) is 1.77. The first-order valence-corrected chi connectivity index (χ1v) is 6.83. The quantitative estimate of drug-likeness (QED) is 0.899. The summed E-state index contributed by atoms with van der Waals surface area (Å²) >= 11 is 0. The molecule has 0 unspecified atom stereocenters. The van der Waals surface area contributed by atoms with E-state index in [-0.39, 0.29) is 5.91 Å². The molecule has 0 atom stereocenters. The number of hydrogen-bond donors (Lipinski definition) is 1. The maximum atomic E-state index is 12.5. The van der Waals surface area contributed by atoms with Crippen LogP contribution in [0.2, 0.25) is 0 Å². The Morgan fingerprint density at radius 2 is 2.05 bits per heavy atom. The highest BCUT2D eigenvalue weighted by Crippen LogP contribution is 2.23. The first kappa shape index (κ1) is 13.9. The minimum atomic E-state index is 0.0837. The number of rotatable bonds is 4. The molecule has 19 heavy (non-hydrogen) atoms. The van der Waals surface area contributed by atoms with E-state index in [4.69, 9.17) is 4.74 Å². The van der Waals surface area contributed by atoms with E-state index in [0.717, 1.165) is 32.5 Å². The van der Waals surface area contributed by atoms with Gasteiger partial charge in [0.05, 0.1) is 12.7 Å². The van der Waals surface area contributed by atoms with Crippen molar-refractivity contribution in [3.8, 4) is 5.75 Å². The average molecular weight is 262 g/mol. The number of nitrogens with one attached hydrogen (secondary N) is 1. The molecular weight excluding hydrogens is 240 g/mol. The van der Waals surface area contributed by atoms with Gasteiger partial charge in [0.2, 0.25) is 0 Å². The van der Waals surface area contributed by atoms with Crippen LogP contribution in [0.15, 0.2) is 24.3 Å². The molecule has 1 amide bonds. The first-order chi connectivity index (χ1) is 9.26. The Kier molecular flexibility index (Phi) is 4.80. The summed E-state index contributed by atoms with van der Waals surface area (Å²) in [5.74, 6) is 1.43.